The van der Waals surface area contributed by atoms with Crippen molar-refractivity contribution in [3.63, 3.8) is 0 Å². The Kier molecular flexibility index (Phi) is 1.90. The van der Waals surface area contributed by atoms with E-state index in [9.17, 15) is 5.11 Å². The molecule has 0 radical (unpaired) electrons. The second-order valence-corrected chi connectivity index (χ2v) is 4.96. The lowest BCUT2D eigenvalue weighted by Crippen LogP contribution is -2.25. The highest BCUT2D eigenvalue weighted by atomic mass is 16.3. The lowest BCUT2D eigenvalue weighted by Gasteiger charge is -1.99. The van der Waals surface area contributed by atoms with Gasteiger partial charge in [-0.15, -0.1) is 0 Å². The summed E-state index contributed by atoms with van der Waals surface area (Å²) in [6.07, 6.45) is 4.16. The molecule has 0 aliphatic carbocycles. The predicted octanol–water partition coefficient (Wildman–Crippen LogP) is 3.00. The van der Waals surface area contributed by atoms with E-state index in [4.69, 9.17) is 0 Å². The topological polar surface area (TPSA) is 39.9 Å². The number of rotatable bonds is 0. The molecule has 0 aliphatic rings. The zero-order chi connectivity index (χ0) is 13.0. The van der Waals surface area contributed by atoms with Crippen molar-refractivity contribution in [3.05, 3.63) is 48.8 Å². The molecule has 92 valence electrons. The van der Waals surface area contributed by atoms with Crippen molar-refractivity contribution in [1.82, 2.24) is 4.98 Å². The number of pyridine rings is 1. The summed E-state index contributed by atoms with van der Waals surface area (Å²) in [5.74, 6) is 0.297. The molecule has 0 saturated carbocycles. The molecule has 19 heavy (non-hydrogen) atoms. The van der Waals surface area contributed by atoms with Gasteiger partial charge in [0.15, 0.2) is 12.4 Å². The number of aromatic nitrogens is 2. The van der Waals surface area contributed by atoms with Crippen LogP contribution in [0.15, 0.2) is 48.8 Å². The van der Waals surface area contributed by atoms with Gasteiger partial charge >= 0.3 is 0 Å². The Bertz CT molecular complexity index is 932. The molecule has 0 saturated heterocycles. The van der Waals surface area contributed by atoms with Crippen LogP contribution in [-0.2, 0) is 7.05 Å². The highest BCUT2D eigenvalue weighted by Crippen LogP contribution is 2.33. The lowest BCUT2D eigenvalue weighted by atomic mass is 10.1. The molecule has 4 rings (SSSR count). The highest BCUT2D eigenvalue weighted by molar-refractivity contribution is 6.19. The third-order valence-electron chi connectivity index (χ3n) is 3.64. The lowest BCUT2D eigenvalue weighted by molar-refractivity contribution is -0.670. The Hall–Kier alpha value is -2.55. The fourth-order valence-electron chi connectivity index (χ4n) is 2.75. The van der Waals surface area contributed by atoms with Gasteiger partial charge in [0.25, 0.3) is 0 Å². The maximum atomic E-state index is 9.72. The fourth-order valence-corrected chi connectivity index (χ4v) is 2.75. The van der Waals surface area contributed by atoms with Crippen molar-refractivity contribution in [2.45, 2.75) is 0 Å². The number of nitrogens with one attached hydrogen (secondary N) is 1. The van der Waals surface area contributed by atoms with Gasteiger partial charge in [0.1, 0.15) is 12.8 Å². The molecule has 0 spiro atoms. The van der Waals surface area contributed by atoms with E-state index in [1.807, 2.05) is 29.9 Å². The van der Waals surface area contributed by atoms with E-state index in [2.05, 4.69) is 29.4 Å². The summed E-state index contributed by atoms with van der Waals surface area (Å²) >= 11 is 0. The van der Waals surface area contributed by atoms with Crippen LogP contribution in [0.1, 0.15) is 0 Å². The van der Waals surface area contributed by atoms with E-state index in [-0.39, 0.29) is 0 Å². The number of phenolic OH excluding ortho intramolecular Hbond substituents is 1. The molecule has 0 unspecified atom stereocenters. The molecule has 2 heterocycles. The van der Waals surface area contributed by atoms with Crippen LogP contribution in [0, 0.1) is 0 Å². The predicted molar refractivity (Wildman–Crippen MR) is 76.2 cm³/mol. The number of benzene rings is 2. The minimum atomic E-state index is 0.297. The van der Waals surface area contributed by atoms with Crippen molar-refractivity contribution >= 4 is 32.6 Å². The molecule has 3 nitrogen and oxygen atoms in total. The zero-order valence-corrected chi connectivity index (χ0v) is 10.5. The van der Waals surface area contributed by atoms with Crippen LogP contribution < -0.4 is 4.57 Å². The number of phenols is 1. The molecule has 0 bridgehead atoms. The number of hydrogen-bond acceptors (Lipinski definition) is 1. The van der Waals surface area contributed by atoms with Crippen molar-refractivity contribution in [3.8, 4) is 5.75 Å². The summed E-state index contributed by atoms with van der Waals surface area (Å²) in [5, 5.41) is 14.3. The van der Waals surface area contributed by atoms with E-state index in [1.165, 1.54) is 16.2 Å². The first-order chi connectivity index (χ1) is 9.22. The Balaban J connectivity index is 2.33. The number of H-pyrrole nitrogens is 1. The third-order valence-corrected chi connectivity index (χ3v) is 3.64. The summed E-state index contributed by atoms with van der Waals surface area (Å²) < 4.78 is 2.05. The normalized spacial score (nSPS) is 11.6. The highest BCUT2D eigenvalue weighted by Gasteiger charge is 2.10. The molecule has 0 fully saturated rings. The molecule has 4 aromatic rings. The largest absolute Gasteiger partial charge is 0.508 e. The summed E-state index contributed by atoms with van der Waals surface area (Å²) in [6, 6.07) is 11.8. The van der Waals surface area contributed by atoms with Crippen LogP contribution in [0.2, 0.25) is 0 Å². The number of aromatic hydroxyl groups is 1. The maximum Gasteiger partial charge on any atom is 0.177 e. The summed E-state index contributed by atoms with van der Waals surface area (Å²) in [5.41, 5.74) is 2.14. The van der Waals surface area contributed by atoms with Gasteiger partial charge in [0.2, 0.25) is 0 Å². The van der Waals surface area contributed by atoms with Crippen LogP contribution in [0.4, 0.5) is 0 Å². The van der Waals surface area contributed by atoms with E-state index < -0.39 is 0 Å². The van der Waals surface area contributed by atoms with Gasteiger partial charge in [-0.25, -0.2) is 4.57 Å². The van der Waals surface area contributed by atoms with Crippen molar-refractivity contribution in [1.29, 1.82) is 0 Å². The first-order valence-electron chi connectivity index (χ1n) is 6.25. The van der Waals surface area contributed by atoms with E-state index in [0.717, 1.165) is 16.4 Å². The van der Waals surface area contributed by atoms with E-state index in [1.54, 1.807) is 6.07 Å². The SMILES string of the molecule is C[n+]1ccc2ccc3[nH]c4ccc(O)cc4c3c2c1. The number of aryl methyl sites for hydroxylation is 1. The molecule has 3 heteroatoms. The second-order valence-electron chi connectivity index (χ2n) is 4.96. The summed E-state index contributed by atoms with van der Waals surface area (Å²) in [6.45, 7) is 0. The Morgan fingerprint density at radius 2 is 1.84 bits per heavy atom. The molecular weight excluding hydrogens is 236 g/mol. The molecule has 2 N–H and O–H groups in total. The standard InChI is InChI=1S/C16H12N2O/c1-18-7-6-10-2-4-15-16(13(10)9-18)12-8-11(19)3-5-14(12)17-15/h2-9,19H,1H3/p+1. The maximum absolute atomic E-state index is 9.72. The Morgan fingerprint density at radius 1 is 1.00 bits per heavy atom. The Morgan fingerprint density at radius 3 is 2.74 bits per heavy atom. The summed E-state index contributed by atoms with van der Waals surface area (Å²) in [4.78, 5) is 3.40. The van der Waals surface area contributed by atoms with E-state index >= 15 is 0 Å². The molecule has 0 aliphatic heterocycles. The van der Waals surface area contributed by atoms with Gasteiger partial charge in [0.05, 0.1) is 5.39 Å². The monoisotopic (exact) mass is 249 g/mol. The van der Waals surface area contributed by atoms with Gasteiger partial charge < -0.3 is 10.1 Å². The fraction of sp³-hybridized carbons (Fsp3) is 0.0625. The second kappa shape index (κ2) is 3.48. The first kappa shape index (κ1) is 10.4. The number of fused-ring (bicyclic) bond motifs is 5. The van der Waals surface area contributed by atoms with Crippen LogP contribution in [0.3, 0.4) is 0 Å². The molecular formula is C16H13N2O+. The van der Waals surface area contributed by atoms with Crippen molar-refractivity contribution in [2.75, 3.05) is 0 Å². The van der Waals surface area contributed by atoms with Gasteiger partial charge in [-0.2, -0.15) is 0 Å². The van der Waals surface area contributed by atoms with Crippen molar-refractivity contribution < 1.29 is 9.67 Å². The molecule has 0 amide bonds. The van der Waals surface area contributed by atoms with Gasteiger partial charge in [-0.3, -0.25) is 0 Å². The average Bonchev–Trinajstić information content (AvgIpc) is 2.76. The van der Waals surface area contributed by atoms with Gasteiger partial charge in [0, 0.05) is 27.9 Å². The minimum absolute atomic E-state index is 0.297. The molecule has 2 aromatic carbocycles. The van der Waals surface area contributed by atoms with Gasteiger partial charge in [-0.1, -0.05) is 6.07 Å². The number of hydrogen-bond donors (Lipinski definition) is 2. The minimum Gasteiger partial charge on any atom is -0.508 e. The van der Waals surface area contributed by atoms with Crippen LogP contribution in [0.25, 0.3) is 32.6 Å². The number of aromatic amines is 1. The Labute approximate surface area is 109 Å². The van der Waals surface area contributed by atoms with Gasteiger partial charge in [-0.05, 0) is 29.7 Å². The summed E-state index contributed by atoms with van der Waals surface area (Å²) in [7, 11) is 2.02. The van der Waals surface area contributed by atoms with E-state index in [0.29, 0.717) is 5.75 Å². The quantitative estimate of drug-likeness (QED) is 0.462. The van der Waals surface area contributed by atoms with Crippen LogP contribution >= 0.6 is 0 Å². The first-order valence-corrected chi connectivity index (χ1v) is 6.25. The van der Waals surface area contributed by atoms with Crippen LogP contribution in [0.5, 0.6) is 5.75 Å². The van der Waals surface area contributed by atoms with Crippen molar-refractivity contribution in [2.24, 2.45) is 7.05 Å². The third kappa shape index (κ3) is 1.41. The number of nitrogens with zero attached hydrogens (tertiary/aromatic N) is 1. The van der Waals surface area contributed by atoms with Crippen LogP contribution in [-0.4, -0.2) is 10.1 Å². The smallest absolute Gasteiger partial charge is 0.177 e. The molecule has 2 aromatic heterocycles. The zero-order valence-electron chi connectivity index (χ0n) is 10.5. The molecule has 0 atom stereocenters. The average molecular weight is 249 g/mol.